The van der Waals surface area contributed by atoms with Crippen LogP contribution in [-0.2, 0) is 19.6 Å². The van der Waals surface area contributed by atoms with Crippen molar-refractivity contribution in [3.05, 3.63) is 59.7 Å². The van der Waals surface area contributed by atoms with Crippen molar-refractivity contribution in [1.29, 1.82) is 0 Å². The van der Waals surface area contributed by atoms with Gasteiger partial charge in [-0.05, 0) is 57.0 Å². The van der Waals surface area contributed by atoms with Crippen LogP contribution in [0.15, 0.2) is 53.4 Å². The maximum Gasteiger partial charge on any atom is 0.310 e. The van der Waals surface area contributed by atoms with Crippen molar-refractivity contribution in [2.45, 2.75) is 31.6 Å². The molecular weight excluding hydrogens is 404 g/mol. The van der Waals surface area contributed by atoms with Gasteiger partial charge >= 0.3 is 5.97 Å². The molecule has 2 aromatic rings. The van der Waals surface area contributed by atoms with Crippen LogP contribution in [0, 0.1) is 12.8 Å². The zero-order valence-electron chi connectivity index (χ0n) is 17.1. The van der Waals surface area contributed by atoms with Crippen LogP contribution in [-0.4, -0.2) is 44.9 Å². The molecule has 8 heteroatoms. The third-order valence-electron chi connectivity index (χ3n) is 5.02. The molecule has 1 unspecified atom stereocenters. The molecule has 0 aromatic heterocycles. The highest BCUT2D eigenvalue weighted by Crippen LogP contribution is 2.22. The van der Waals surface area contributed by atoms with Gasteiger partial charge in [-0.2, -0.15) is 0 Å². The van der Waals surface area contributed by atoms with E-state index in [0.29, 0.717) is 31.7 Å². The van der Waals surface area contributed by atoms with Crippen LogP contribution in [0.4, 0.5) is 5.69 Å². The number of hydrogen-bond acceptors (Lipinski definition) is 5. The molecule has 1 fully saturated rings. The summed E-state index contributed by atoms with van der Waals surface area (Å²) in [5.41, 5.74) is 1.74. The van der Waals surface area contributed by atoms with Gasteiger partial charge in [-0.1, -0.05) is 23.8 Å². The smallest absolute Gasteiger partial charge is 0.310 e. The predicted octanol–water partition coefficient (Wildman–Crippen LogP) is 3.21. The first-order valence-electron chi connectivity index (χ1n) is 9.95. The highest BCUT2D eigenvalue weighted by molar-refractivity contribution is 7.92. The minimum atomic E-state index is -3.84. The van der Waals surface area contributed by atoms with Crippen LogP contribution >= 0.6 is 0 Å². The van der Waals surface area contributed by atoms with E-state index in [1.165, 1.54) is 12.1 Å². The van der Waals surface area contributed by atoms with Crippen LogP contribution in [0.25, 0.3) is 0 Å². The van der Waals surface area contributed by atoms with Crippen LogP contribution in [0.3, 0.4) is 0 Å². The largest absolute Gasteiger partial charge is 0.466 e. The molecule has 1 aliphatic heterocycles. The van der Waals surface area contributed by atoms with Gasteiger partial charge in [0.1, 0.15) is 0 Å². The van der Waals surface area contributed by atoms with Crippen molar-refractivity contribution >= 4 is 27.6 Å². The van der Waals surface area contributed by atoms with E-state index in [-0.39, 0.29) is 34.8 Å². The van der Waals surface area contributed by atoms with Gasteiger partial charge in [0.2, 0.25) is 0 Å². The third kappa shape index (κ3) is 5.18. The first-order valence-corrected chi connectivity index (χ1v) is 11.4. The summed E-state index contributed by atoms with van der Waals surface area (Å²) in [5.74, 6) is -0.942. The van der Waals surface area contributed by atoms with Crippen molar-refractivity contribution in [2.24, 2.45) is 5.92 Å². The summed E-state index contributed by atoms with van der Waals surface area (Å²) in [4.78, 5) is 26.6. The number of nitrogens with one attached hydrogen (secondary N) is 1. The number of likely N-dealkylation sites (tertiary alicyclic amines) is 1. The lowest BCUT2D eigenvalue weighted by Crippen LogP contribution is -2.42. The highest BCUT2D eigenvalue weighted by Gasteiger charge is 2.30. The number of nitrogens with zero attached hydrogens (tertiary/aromatic N) is 1. The van der Waals surface area contributed by atoms with Gasteiger partial charge in [0, 0.05) is 24.3 Å². The standard InChI is InChI=1S/C22H26N2O5S/c1-3-29-22(26)18-7-5-13-24(15-18)21(25)17-6-4-8-20(14-17)30(27,28)23-19-11-9-16(2)10-12-19/h4,6,8-12,14,18,23H,3,5,7,13,15H2,1-2H3. The number of esters is 1. The Labute approximate surface area is 177 Å². The second kappa shape index (κ2) is 9.30. The van der Waals surface area contributed by atoms with Gasteiger partial charge in [-0.15, -0.1) is 0 Å². The van der Waals surface area contributed by atoms with Crippen molar-refractivity contribution in [2.75, 3.05) is 24.4 Å². The summed E-state index contributed by atoms with van der Waals surface area (Å²) in [7, 11) is -3.84. The van der Waals surface area contributed by atoms with E-state index in [2.05, 4.69) is 4.72 Å². The number of amides is 1. The minimum Gasteiger partial charge on any atom is -0.466 e. The van der Waals surface area contributed by atoms with E-state index in [9.17, 15) is 18.0 Å². The van der Waals surface area contributed by atoms with E-state index >= 15 is 0 Å². The van der Waals surface area contributed by atoms with E-state index in [1.807, 2.05) is 19.1 Å². The summed E-state index contributed by atoms with van der Waals surface area (Å²) >= 11 is 0. The number of piperidine rings is 1. The number of sulfonamides is 1. The molecule has 0 bridgehead atoms. The SMILES string of the molecule is CCOC(=O)C1CCCN(C(=O)c2cccc(S(=O)(=O)Nc3ccc(C)cc3)c2)C1. The fourth-order valence-electron chi connectivity index (χ4n) is 3.43. The Morgan fingerprint density at radius 2 is 1.90 bits per heavy atom. The molecule has 30 heavy (non-hydrogen) atoms. The Kier molecular flexibility index (Phi) is 6.77. The fraction of sp³-hybridized carbons (Fsp3) is 0.364. The Hall–Kier alpha value is -2.87. The fourth-order valence-corrected chi connectivity index (χ4v) is 4.53. The molecule has 0 spiro atoms. The molecule has 2 aromatic carbocycles. The number of carbonyl (C=O) groups is 2. The lowest BCUT2D eigenvalue weighted by Gasteiger charge is -2.31. The van der Waals surface area contributed by atoms with Crippen molar-refractivity contribution in [3.63, 3.8) is 0 Å². The zero-order valence-corrected chi connectivity index (χ0v) is 17.9. The van der Waals surface area contributed by atoms with Gasteiger partial charge in [0.15, 0.2) is 0 Å². The van der Waals surface area contributed by atoms with Crippen molar-refractivity contribution in [1.82, 2.24) is 4.90 Å². The molecule has 1 amide bonds. The molecule has 1 atom stereocenters. The Morgan fingerprint density at radius 1 is 1.17 bits per heavy atom. The molecule has 1 saturated heterocycles. The molecule has 7 nitrogen and oxygen atoms in total. The Bertz CT molecular complexity index is 1020. The Balaban J connectivity index is 1.76. The van der Waals surface area contributed by atoms with Gasteiger partial charge in [-0.25, -0.2) is 8.42 Å². The third-order valence-corrected chi connectivity index (χ3v) is 6.40. The van der Waals surface area contributed by atoms with Crippen LogP contribution < -0.4 is 4.72 Å². The number of rotatable bonds is 6. The molecule has 1 N–H and O–H groups in total. The molecule has 160 valence electrons. The summed E-state index contributed by atoms with van der Waals surface area (Å²) < 4.78 is 33.1. The van der Waals surface area contributed by atoms with Gasteiger partial charge < -0.3 is 9.64 Å². The number of carbonyl (C=O) groups excluding carboxylic acids is 2. The first kappa shape index (κ1) is 21.8. The summed E-state index contributed by atoms with van der Waals surface area (Å²) in [6.45, 7) is 4.77. The monoisotopic (exact) mass is 430 g/mol. The quantitative estimate of drug-likeness (QED) is 0.711. The second-order valence-electron chi connectivity index (χ2n) is 7.34. The Morgan fingerprint density at radius 3 is 2.60 bits per heavy atom. The molecular formula is C22H26N2O5S. The molecule has 1 aliphatic rings. The van der Waals surface area contributed by atoms with Crippen LogP contribution in [0.2, 0.25) is 0 Å². The predicted molar refractivity (Wildman–Crippen MR) is 114 cm³/mol. The molecule has 0 aliphatic carbocycles. The summed E-state index contributed by atoms with van der Waals surface area (Å²) in [6, 6.07) is 12.9. The van der Waals surface area contributed by atoms with Gasteiger partial charge in [0.25, 0.3) is 15.9 Å². The normalized spacial score (nSPS) is 16.7. The maximum atomic E-state index is 13.0. The lowest BCUT2D eigenvalue weighted by atomic mass is 9.97. The molecule has 0 saturated carbocycles. The van der Waals surface area contributed by atoms with Gasteiger partial charge in [-0.3, -0.25) is 14.3 Å². The van der Waals surface area contributed by atoms with E-state index in [1.54, 1.807) is 36.1 Å². The van der Waals surface area contributed by atoms with E-state index < -0.39 is 10.0 Å². The molecule has 1 heterocycles. The second-order valence-corrected chi connectivity index (χ2v) is 9.02. The summed E-state index contributed by atoms with van der Waals surface area (Å²) in [6.07, 6.45) is 1.37. The molecule has 0 radical (unpaired) electrons. The van der Waals surface area contributed by atoms with Crippen molar-refractivity contribution in [3.8, 4) is 0 Å². The molecule has 3 rings (SSSR count). The topological polar surface area (TPSA) is 92.8 Å². The summed E-state index contributed by atoms with van der Waals surface area (Å²) in [5, 5.41) is 0. The number of hydrogen-bond donors (Lipinski definition) is 1. The maximum absolute atomic E-state index is 13.0. The number of benzene rings is 2. The van der Waals surface area contributed by atoms with E-state index in [0.717, 1.165) is 5.56 Å². The number of anilines is 1. The number of ether oxygens (including phenoxy) is 1. The number of aryl methyl sites for hydroxylation is 1. The lowest BCUT2D eigenvalue weighted by molar-refractivity contribution is -0.149. The van der Waals surface area contributed by atoms with Gasteiger partial charge in [0.05, 0.1) is 17.4 Å². The van der Waals surface area contributed by atoms with Crippen molar-refractivity contribution < 1.29 is 22.7 Å². The average molecular weight is 431 g/mol. The average Bonchev–Trinajstić information content (AvgIpc) is 2.75. The minimum absolute atomic E-state index is 0.00729. The van der Waals surface area contributed by atoms with Crippen LogP contribution in [0.5, 0.6) is 0 Å². The first-order chi connectivity index (χ1) is 14.3. The van der Waals surface area contributed by atoms with Crippen LogP contribution in [0.1, 0.15) is 35.7 Å². The van der Waals surface area contributed by atoms with E-state index in [4.69, 9.17) is 4.74 Å². The zero-order chi connectivity index (χ0) is 21.7. The highest BCUT2D eigenvalue weighted by atomic mass is 32.2.